The van der Waals surface area contributed by atoms with Gasteiger partial charge in [-0.25, -0.2) is 4.68 Å². The van der Waals surface area contributed by atoms with Gasteiger partial charge in [0.2, 0.25) is 0 Å². The van der Waals surface area contributed by atoms with Gasteiger partial charge in [0.1, 0.15) is 5.69 Å². The first kappa shape index (κ1) is 22.8. The number of piperazine rings is 1. The van der Waals surface area contributed by atoms with Crippen LogP contribution < -0.4 is 4.90 Å². The fourth-order valence-corrected chi connectivity index (χ4v) is 4.75. The van der Waals surface area contributed by atoms with Crippen LogP contribution in [0.3, 0.4) is 0 Å². The smallest absolute Gasteiger partial charge is 0.272 e. The molecule has 1 aliphatic heterocycles. The Morgan fingerprint density at radius 2 is 1.41 bits per heavy atom. The molecule has 0 atom stereocenters. The van der Waals surface area contributed by atoms with Crippen molar-refractivity contribution >= 4 is 46.4 Å². The molecule has 1 fully saturated rings. The lowest BCUT2D eigenvalue weighted by atomic mass is 10.1. The molecule has 0 bridgehead atoms. The number of hydrogen-bond acceptors (Lipinski definition) is 3. The van der Waals surface area contributed by atoms with E-state index >= 15 is 0 Å². The molecule has 4 aromatic rings. The van der Waals surface area contributed by atoms with Gasteiger partial charge in [0, 0.05) is 36.8 Å². The Morgan fingerprint density at radius 1 is 0.765 bits per heavy atom. The molecule has 0 radical (unpaired) electrons. The molecule has 8 heteroatoms. The van der Waals surface area contributed by atoms with Crippen LogP contribution >= 0.6 is 34.8 Å². The highest BCUT2D eigenvalue weighted by atomic mass is 35.5. The van der Waals surface area contributed by atoms with E-state index in [0.717, 1.165) is 16.9 Å². The van der Waals surface area contributed by atoms with E-state index in [9.17, 15) is 4.79 Å². The summed E-state index contributed by atoms with van der Waals surface area (Å²) < 4.78 is 1.66. The fraction of sp³-hybridized carbons (Fsp3) is 0.154. The van der Waals surface area contributed by atoms with E-state index in [0.29, 0.717) is 52.6 Å². The van der Waals surface area contributed by atoms with Crippen LogP contribution in [0.4, 0.5) is 5.69 Å². The standard InChI is InChI=1S/C26H21Cl3N4O/c27-18-9-11-19(12-10-18)33-25(17-23(30-33)20-5-1-2-6-21(20)28)26(34)32-15-13-31(14-16-32)24-8-4-3-7-22(24)29/h1-12,17H,13-16H2. The molecule has 0 unspecified atom stereocenters. The summed E-state index contributed by atoms with van der Waals surface area (Å²) >= 11 is 18.9. The molecule has 5 nitrogen and oxygen atoms in total. The third-order valence-corrected chi connectivity index (χ3v) is 6.81. The van der Waals surface area contributed by atoms with Crippen molar-refractivity contribution in [1.29, 1.82) is 0 Å². The van der Waals surface area contributed by atoms with E-state index in [1.165, 1.54) is 0 Å². The van der Waals surface area contributed by atoms with Crippen LogP contribution in [-0.4, -0.2) is 46.8 Å². The Kier molecular flexibility index (Phi) is 6.50. The van der Waals surface area contributed by atoms with Gasteiger partial charge < -0.3 is 9.80 Å². The van der Waals surface area contributed by atoms with Gasteiger partial charge in [-0.2, -0.15) is 5.10 Å². The van der Waals surface area contributed by atoms with Crippen molar-refractivity contribution < 1.29 is 4.79 Å². The first-order chi connectivity index (χ1) is 16.5. The number of hydrogen-bond donors (Lipinski definition) is 0. The number of nitrogens with zero attached hydrogens (tertiary/aromatic N) is 4. The van der Waals surface area contributed by atoms with E-state index in [2.05, 4.69) is 4.90 Å². The lowest BCUT2D eigenvalue weighted by Gasteiger charge is -2.36. The summed E-state index contributed by atoms with van der Waals surface area (Å²) in [6, 6.07) is 24.3. The zero-order valence-corrected chi connectivity index (χ0v) is 20.4. The monoisotopic (exact) mass is 510 g/mol. The highest BCUT2D eigenvalue weighted by Crippen LogP contribution is 2.30. The normalized spacial score (nSPS) is 13.9. The highest BCUT2D eigenvalue weighted by Gasteiger charge is 2.27. The molecule has 2 heterocycles. The first-order valence-corrected chi connectivity index (χ1v) is 12.0. The predicted octanol–water partition coefficient (Wildman–Crippen LogP) is 6.46. The van der Waals surface area contributed by atoms with Crippen molar-refractivity contribution in [2.24, 2.45) is 0 Å². The van der Waals surface area contributed by atoms with Gasteiger partial charge in [-0.3, -0.25) is 4.79 Å². The third kappa shape index (κ3) is 4.51. The van der Waals surface area contributed by atoms with Crippen LogP contribution in [0, 0.1) is 0 Å². The van der Waals surface area contributed by atoms with Crippen LogP contribution in [0.15, 0.2) is 78.9 Å². The Morgan fingerprint density at radius 3 is 2.09 bits per heavy atom. The maximum atomic E-state index is 13.7. The summed E-state index contributed by atoms with van der Waals surface area (Å²) in [5.41, 5.74) is 3.63. The summed E-state index contributed by atoms with van der Waals surface area (Å²) in [5, 5.41) is 6.66. The average Bonchev–Trinajstić information content (AvgIpc) is 3.30. The van der Waals surface area contributed by atoms with E-state index < -0.39 is 0 Å². The Labute approximate surface area is 213 Å². The minimum absolute atomic E-state index is 0.0837. The van der Waals surface area contributed by atoms with Crippen molar-refractivity contribution in [3.05, 3.63) is 99.6 Å². The second kappa shape index (κ2) is 9.71. The zero-order chi connectivity index (χ0) is 23.7. The van der Waals surface area contributed by atoms with Gasteiger partial charge in [0.25, 0.3) is 5.91 Å². The quantitative estimate of drug-likeness (QED) is 0.316. The largest absolute Gasteiger partial charge is 0.367 e. The maximum absolute atomic E-state index is 13.7. The van der Waals surface area contributed by atoms with Crippen molar-refractivity contribution in [1.82, 2.24) is 14.7 Å². The van der Waals surface area contributed by atoms with Crippen LogP contribution in [0.25, 0.3) is 16.9 Å². The number of carbonyl (C=O) groups excluding carboxylic acids is 1. The zero-order valence-electron chi connectivity index (χ0n) is 18.2. The summed E-state index contributed by atoms with van der Waals surface area (Å²) in [7, 11) is 0. The third-order valence-electron chi connectivity index (χ3n) is 5.91. The molecule has 172 valence electrons. The molecule has 5 rings (SSSR count). The average molecular weight is 512 g/mol. The molecule has 3 aromatic carbocycles. The van der Waals surface area contributed by atoms with E-state index in [-0.39, 0.29) is 5.91 Å². The highest BCUT2D eigenvalue weighted by molar-refractivity contribution is 6.33. The summed E-state index contributed by atoms with van der Waals surface area (Å²) in [6.45, 7) is 2.55. The molecule has 0 saturated carbocycles. The molecule has 0 aliphatic carbocycles. The summed E-state index contributed by atoms with van der Waals surface area (Å²) in [5.74, 6) is -0.0837. The molecular weight excluding hydrogens is 491 g/mol. The minimum Gasteiger partial charge on any atom is -0.367 e. The summed E-state index contributed by atoms with van der Waals surface area (Å²) in [6.07, 6.45) is 0. The number of para-hydroxylation sites is 1. The van der Waals surface area contributed by atoms with Crippen LogP contribution in [-0.2, 0) is 0 Å². The molecule has 34 heavy (non-hydrogen) atoms. The number of carbonyl (C=O) groups is 1. The van der Waals surface area contributed by atoms with E-state index in [1.807, 2.05) is 65.6 Å². The van der Waals surface area contributed by atoms with E-state index in [4.69, 9.17) is 39.9 Å². The number of aromatic nitrogens is 2. The second-order valence-corrected chi connectivity index (χ2v) is 9.26. The van der Waals surface area contributed by atoms with Gasteiger partial charge in [0.15, 0.2) is 0 Å². The molecule has 0 spiro atoms. The molecule has 1 aliphatic rings. The molecule has 0 N–H and O–H groups in total. The maximum Gasteiger partial charge on any atom is 0.272 e. The molecular formula is C26H21Cl3N4O. The first-order valence-electron chi connectivity index (χ1n) is 10.9. The molecule has 1 aromatic heterocycles. The van der Waals surface area contributed by atoms with Crippen molar-refractivity contribution in [2.75, 3.05) is 31.1 Å². The van der Waals surface area contributed by atoms with Crippen molar-refractivity contribution in [2.45, 2.75) is 0 Å². The number of halogens is 3. The number of anilines is 1. The van der Waals surface area contributed by atoms with Gasteiger partial charge in [-0.15, -0.1) is 0 Å². The van der Waals surface area contributed by atoms with Crippen molar-refractivity contribution in [3.63, 3.8) is 0 Å². The van der Waals surface area contributed by atoms with E-state index in [1.54, 1.807) is 22.9 Å². The predicted molar refractivity (Wildman–Crippen MR) is 139 cm³/mol. The van der Waals surface area contributed by atoms with Crippen LogP contribution in [0.2, 0.25) is 15.1 Å². The minimum atomic E-state index is -0.0837. The Bertz CT molecular complexity index is 1330. The van der Waals surface area contributed by atoms with Gasteiger partial charge in [0.05, 0.1) is 27.1 Å². The fourth-order valence-electron chi connectivity index (χ4n) is 4.13. The van der Waals surface area contributed by atoms with Crippen LogP contribution in [0.5, 0.6) is 0 Å². The lowest BCUT2D eigenvalue weighted by molar-refractivity contribution is 0.0737. The number of benzene rings is 3. The van der Waals surface area contributed by atoms with Crippen LogP contribution in [0.1, 0.15) is 10.5 Å². The second-order valence-electron chi connectivity index (χ2n) is 8.01. The van der Waals surface area contributed by atoms with Gasteiger partial charge in [-0.05, 0) is 48.5 Å². The number of rotatable bonds is 4. The molecule has 1 amide bonds. The number of amides is 1. The van der Waals surface area contributed by atoms with Gasteiger partial charge >= 0.3 is 0 Å². The summed E-state index contributed by atoms with van der Waals surface area (Å²) in [4.78, 5) is 17.7. The van der Waals surface area contributed by atoms with Crippen molar-refractivity contribution in [3.8, 4) is 16.9 Å². The van der Waals surface area contributed by atoms with Gasteiger partial charge in [-0.1, -0.05) is 65.1 Å². The topological polar surface area (TPSA) is 41.4 Å². The Balaban J connectivity index is 1.45. The molecule has 1 saturated heterocycles. The lowest BCUT2D eigenvalue weighted by Crippen LogP contribution is -2.49. The Hall–Kier alpha value is -2.99. The SMILES string of the molecule is O=C(c1cc(-c2ccccc2Cl)nn1-c1ccc(Cl)cc1)N1CCN(c2ccccc2Cl)CC1.